The number of hydrogen-bond acceptors (Lipinski definition) is 3. The molecule has 0 radical (unpaired) electrons. The molecule has 2 heterocycles. The van der Waals surface area contributed by atoms with Crippen molar-refractivity contribution in [1.82, 2.24) is 19.7 Å². The van der Waals surface area contributed by atoms with Gasteiger partial charge < -0.3 is 15.1 Å². The van der Waals surface area contributed by atoms with Crippen LogP contribution in [0.4, 0.5) is 13.2 Å². The molecule has 140 valence electrons. The number of amides is 1. The van der Waals surface area contributed by atoms with Gasteiger partial charge in [-0.3, -0.25) is 9.36 Å². The van der Waals surface area contributed by atoms with E-state index in [-0.39, 0.29) is 10.7 Å². The Morgan fingerprint density at radius 1 is 1.28 bits per heavy atom. The highest BCUT2D eigenvalue weighted by atomic mass is 32.1. The smallest absolute Gasteiger partial charge is 0.348 e. The van der Waals surface area contributed by atoms with Gasteiger partial charge in [0.05, 0.1) is 0 Å². The van der Waals surface area contributed by atoms with Crippen molar-refractivity contribution < 1.29 is 27.8 Å². The lowest BCUT2D eigenvalue weighted by atomic mass is 10.3. The van der Waals surface area contributed by atoms with Gasteiger partial charge in [-0.25, -0.2) is 0 Å². The maximum atomic E-state index is 12.9. The van der Waals surface area contributed by atoms with E-state index in [0.29, 0.717) is 19.3 Å². The number of hydrogen-bond donors (Lipinski definition) is 3. The number of alkyl halides is 3. The third-order valence-corrected chi connectivity index (χ3v) is 5.17. The third-order valence-electron chi connectivity index (χ3n) is 4.69. The molecule has 3 N–H and O–H groups in total. The Labute approximate surface area is 148 Å². The lowest BCUT2D eigenvalue weighted by Gasteiger charge is -2.29. The van der Waals surface area contributed by atoms with Gasteiger partial charge in [-0.1, -0.05) is 0 Å². The second-order valence-corrected chi connectivity index (χ2v) is 7.20. The molecule has 1 saturated heterocycles. The monoisotopic (exact) mass is 380 g/mol. The number of piperazine rings is 1. The zero-order chi connectivity index (χ0) is 18.2. The molecule has 1 aromatic rings. The van der Waals surface area contributed by atoms with Crippen LogP contribution >= 0.6 is 12.2 Å². The fourth-order valence-corrected chi connectivity index (χ4v) is 3.27. The van der Waals surface area contributed by atoms with E-state index in [1.165, 1.54) is 16.6 Å². The van der Waals surface area contributed by atoms with Crippen molar-refractivity contribution in [1.29, 1.82) is 0 Å². The van der Waals surface area contributed by atoms with E-state index >= 15 is 0 Å². The average molecular weight is 380 g/mol. The Hall–Kier alpha value is -1.46. The Balaban J connectivity index is 1.52. The van der Waals surface area contributed by atoms with Crippen molar-refractivity contribution >= 4 is 18.1 Å². The SMILES string of the molecule is Cn1c(C(F)(F)F)nn(C[NH+]2CC[NH+](CC(=O)NC3CC3)CC2)c1=S. The van der Waals surface area contributed by atoms with Gasteiger partial charge in [-0.15, -0.1) is 5.10 Å². The van der Waals surface area contributed by atoms with Crippen LogP contribution in [0.15, 0.2) is 0 Å². The first-order valence-electron chi connectivity index (χ1n) is 8.41. The minimum absolute atomic E-state index is 0.0680. The lowest BCUT2D eigenvalue weighted by molar-refractivity contribution is -1.02. The molecule has 1 aliphatic heterocycles. The summed E-state index contributed by atoms with van der Waals surface area (Å²) in [6.07, 6.45) is -2.37. The fourth-order valence-electron chi connectivity index (χ4n) is 3.08. The molecule has 3 rings (SSSR count). The molecule has 1 aliphatic carbocycles. The first kappa shape index (κ1) is 18.3. The Kier molecular flexibility index (Phi) is 5.16. The van der Waals surface area contributed by atoms with E-state index in [1.807, 2.05) is 0 Å². The van der Waals surface area contributed by atoms with Crippen LogP contribution in [0.2, 0.25) is 0 Å². The van der Waals surface area contributed by atoms with E-state index in [0.717, 1.165) is 48.5 Å². The number of aromatic nitrogens is 3. The van der Waals surface area contributed by atoms with Crippen molar-refractivity contribution in [3.05, 3.63) is 10.6 Å². The van der Waals surface area contributed by atoms with E-state index in [4.69, 9.17) is 12.2 Å². The molecule has 0 spiro atoms. The summed E-state index contributed by atoms with van der Waals surface area (Å²) >= 11 is 5.07. The number of carbonyl (C=O) groups is 1. The standard InChI is InChI=1S/C14H21F3N6OS/c1-20-12(14(15,16)17)19-23(13(20)25)9-22-6-4-21(5-7-22)8-11(24)18-10-2-3-10/h10H,2-9H2,1H3,(H,18,24)/p+2. The van der Waals surface area contributed by atoms with Crippen molar-refractivity contribution in [2.24, 2.45) is 7.05 Å². The number of rotatable bonds is 5. The van der Waals surface area contributed by atoms with Crippen molar-refractivity contribution in [3.63, 3.8) is 0 Å². The third kappa shape index (κ3) is 4.59. The fraction of sp³-hybridized carbons (Fsp3) is 0.786. The van der Waals surface area contributed by atoms with Crippen molar-refractivity contribution in [2.75, 3.05) is 32.7 Å². The van der Waals surface area contributed by atoms with Crippen molar-refractivity contribution in [3.8, 4) is 0 Å². The van der Waals surface area contributed by atoms with Gasteiger partial charge in [0.2, 0.25) is 10.6 Å². The predicted octanol–water partition coefficient (Wildman–Crippen LogP) is -2.01. The summed E-state index contributed by atoms with van der Waals surface area (Å²) in [5.41, 5.74) is 0. The Morgan fingerprint density at radius 3 is 2.40 bits per heavy atom. The normalized spacial score (nSPS) is 24.3. The molecule has 1 saturated carbocycles. The van der Waals surface area contributed by atoms with E-state index in [2.05, 4.69) is 10.4 Å². The molecule has 2 fully saturated rings. The molecule has 2 aliphatic rings. The summed E-state index contributed by atoms with van der Waals surface area (Å²) in [5.74, 6) is -0.888. The second kappa shape index (κ2) is 7.04. The van der Waals surface area contributed by atoms with Crippen LogP contribution in [0.1, 0.15) is 18.7 Å². The van der Waals surface area contributed by atoms with E-state index in [9.17, 15) is 18.0 Å². The quantitative estimate of drug-likeness (QED) is 0.518. The zero-order valence-corrected chi connectivity index (χ0v) is 14.8. The van der Waals surface area contributed by atoms with Gasteiger partial charge in [0, 0.05) is 13.1 Å². The molecule has 1 aromatic heterocycles. The molecule has 11 heteroatoms. The van der Waals surface area contributed by atoms with Gasteiger partial charge in [0.15, 0.2) is 13.2 Å². The van der Waals surface area contributed by atoms with E-state index in [1.54, 1.807) is 0 Å². The van der Waals surface area contributed by atoms with Gasteiger partial charge in [0.1, 0.15) is 26.2 Å². The molecule has 25 heavy (non-hydrogen) atoms. The van der Waals surface area contributed by atoms with Gasteiger partial charge in [0.25, 0.3) is 5.91 Å². The highest BCUT2D eigenvalue weighted by molar-refractivity contribution is 7.71. The summed E-state index contributed by atoms with van der Waals surface area (Å²) in [4.78, 5) is 14.2. The molecule has 0 bridgehead atoms. The van der Waals surface area contributed by atoms with Crippen LogP contribution < -0.4 is 15.1 Å². The number of nitrogens with zero attached hydrogens (tertiary/aromatic N) is 3. The number of carbonyl (C=O) groups excluding carboxylic acids is 1. The zero-order valence-electron chi connectivity index (χ0n) is 14.0. The summed E-state index contributed by atoms with van der Waals surface area (Å²) < 4.78 is 40.9. The van der Waals surface area contributed by atoms with Crippen LogP contribution in [-0.4, -0.2) is 59.0 Å². The minimum atomic E-state index is -4.51. The number of halogens is 3. The maximum absolute atomic E-state index is 12.9. The van der Waals surface area contributed by atoms with Crippen LogP contribution in [0, 0.1) is 4.77 Å². The topological polar surface area (TPSA) is 60.7 Å². The van der Waals surface area contributed by atoms with E-state index < -0.39 is 12.0 Å². The molecular weight excluding hydrogens is 357 g/mol. The van der Waals surface area contributed by atoms with Gasteiger partial charge >= 0.3 is 6.18 Å². The average Bonchev–Trinajstić information content (AvgIpc) is 3.29. The van der Waals surface area contributed by atoms with Crippen LogP contribution in [0.3, 0.4) is 0 Å². The van der Waals surface area contributed by atoms with Crippen LogP contribution in [0.5, 0.6) is 0 Å². The molecule has 0 atom stereocenters. The molecule has 7 nitrogen and oxygen atoms in total. The Bertz CT molecular complexity index is 688. The first-order chi connectivity index (χ1) is 11.7. The van der Waals surface area contributed by atoms with Crippen molar-refractivity contribution in [2.45, 2.75) is 31.7 Å². The Morgan fingerprint density at radius 2 is 1.88 bits per heavy atom. The summed E-state index contributed by atoms with van der Waals surface area (Å²) in [6.45, 7) is 3.92. The van der Waals surface area contributed by atoms with Gasteiger partial charge in [-0.05, 0) is 25.1 Å². The molecule has 1 amide bonds. The van der Waals surface area contributed by atoms with Crippen LogP contribution in [-0.2, 0) is 24.7 Å². The predicted molar refractivity (Wildman–Crippen MR) is 84.5 cm³/mol. The second-order valence-electron chi connectivity index (χ2n) is 6.84. The summed E-state index contributed by atoms with van der Waals surface area (Å²) in [7, 11) is 1.28. The summed E-state index contributed by atoms with van der Waals surface area (Å²) in [5, 5.41) is 6.62. The minimum Gasteiger partial charge on any atom is -0.348 e. The molecule has 0 unspecified atom stereocenters. The largest absolute Gasteiger partial charge is 0.451 e. The first-order valence-corrected chi connectivity index (χ1v) is 8.82. The highest BCUT2D eigenvalue weighted by Crippen LogP contribution is 2.27. The molecular formula is C14H23F3N6OS+2. The molecule has 0 aromatic carbocycles. The lowest BCUT2D eigenvalue weighted by Crippen LogP contribution is -3.28. The summed E-state index contributed by atoms with van der Waals surface area (Å²) in [6, 6.07) is 0.368. The number of quaternary nitrogens is 2. The van der Waals surface area contributed by atoms with Gasteiger partial charge in [-0.2, -0.15) is 17.9 Å². The highest BCUT2D eigenvalue weighted by Gasteiger charge is 2.38. The van der Waals surface area contributed by atoms with Crippen LogP contribution in [0.25, 0.3) is 0 Å². The number of nitrogens with one attached hydrogen (secondary N) is 3. The maximum Gasteiger partial charge on any atom is 0.451 e.